The number of nitrogens with two attached hydrogens (primary N) is 1. The lowest BCUT2D eigenvalue weighted by atomic mass is 10.1. The first-order chi connectivity index (χ1) is 14.4. The second kappa shape index (κ2) is 15.5. The monoisotopic (exact) mass is 496 g/mol. The Balaban J connectivity index is 2.06. The summed E-state index contributed by atoms with van der Waals surface area (Å²) in [4.78, 5) is 13.0. The van der Waals surface area contributed by atoms with E-state index in [2.05, 4.69) is 33.2 Å². The maximum absolute atomic E-state index is 12.1. The van der Waals surface area contributed by atoms with E-state index in [0.717, 1.165) is 41.6 Å². The van der Waals surface area contributed by atoms with Gasteiger partial charge in [0.15, 0.2) is 0 Å². The molecule has 0 radical (unpaired) electrons. The molecule has 0 fully saturated rings. The Bertz CT molecular complexity index is 699. The van der Waals surface area contributed by atoms with Gasteiger partial charge >= 0.3 is 0 Å². The second-order valence-electron chi connectivity index (χ2n) is 7.51. The number of allylic oxidation sites excluding steroid dienone is 1. The van der Waals surface area contributed by atoms with Crippen LogP contribution in [-0.2, 0) is 0 Å². The Morgan fingerprint density at radius 3 is 2.47 bits per heavy atom. The van der Waals surface area contributed by atoms with Crippen molar-refractivity contribution in [3.63, 3.8) is 0 Å². The highest BCUT2D eigenvalue weighted by Gasteiger charge is 2.22. The minimum Gasteiger partial charge on any atom is -0.352 e. The SMILES string of the molecule is C#CCCC[N+](C)(O)/C(Br)=C/CCCCCCCCNC(=O)c1ccc(SN)cc1. The number of carbonyl (C=O) groups is 1. The molecule has 1 rings (SSSR count). The van der Waals surface area contributed by atoms with Crippen molar-refractivity contribution in [1.29, 1.82) is 0 Å². The number of hydroxylamine groups is 3. The van der Waals surface area contributed by atoms with Gasteiger partial charge in [0.05, 0.1) is 0 Å². The maximum Gasteiger partial charge on any atom is 0.251 e. The first kappa shape index (κ1) is 26.7. The summed E-state index contributed by atoms with van der Waals surface area (Å²) >= 11 is 4.66. The largest absolute Gasteiger partial charge is 0.352 e. The molecule has 0 saturated heterocycles. The summed E-state index contributed by atoms with van der Waals surface area (Å²) in [6.07, 6.45) is 16.5. The molecule has 30 heavy (non-hydrogen) atoms. The fourth-order valence-corrected chi connectivity index (χ4v) is 3.68. The van der Waals surface area contributed by atoms with E-state index >= 15 is 0 Å². The number of hydrogen-bond acceptors (Lipinski definition) is 4. The van der Waals surface area contributed by atoms with Crippen LogP contribution in [0.3, 0.4) is 0 Å². The Kier molecular flexibility index (Phi) is 13.8. The van der Waals surface area contributed by atoms with E-state index in [0.29, 0.717) is 25.1 Å². The van der Waals surface area contributed by atoms with Crippen LogP contribution < -0.4 is 10.5 Å². The average Bonchev–Trinajstić information content (AvgIpc) is 2.74. The highest BCUT2D eigenvalue weighted by molar-refractivity contribution is 9.11. The van der Waals surface area contributed by atoms with Crippen molar-refractivity contribution in [3.8, 4) is 12.3 Å². The molecule has 4 N–H and O–H groups in total. The third-order valence-corrected chi connectivity index (χ3v) is 6.49. The zero-order valence-corrected chi connectivity index (χ0v) is 20.3. The van der Waals surface area contributed by atoms with Crippen LogP contribution in [0.4, 0.5) is 0 Å². The number of nitrogens with one attached hydrogen (secondary N) is 1. The molecule has 1 amide bonds. The van der Waals surface area contributed by atoms with Crippen LogP contribution in [0.15, 0.2) is 39.8 Å². The highest BCUT2D eigenvalue weighted by Crippen LogP contribution is 2.20. The van der Waals surface area contributed by atoms with Gasteiger partial charge in [-0.15, -0.1) is 17.0 Å². The smallest absolute Gasteiger partial charge is 0.251 e. The van der Waals surface area contributed by atoms with E-state index in [9.17, 15) is 10.0 Å². The Labute approximate surface area is 194 Å². The number of rotatable bonds is 15. The van der Waals surface area contributed by atoms with Gasteiger partial charge in [0.25, 0.3) is 5.91 Å². The van der Waals surface area contributed by atoms with Gasteiger partial charge in [-0.25, -0.2) is 5.21 Å². The predicted octanol–water partition coefficient (Wildman–Crippen LogP) is 5.60. The van der Waals surface area contributed by atoms with Crippen molar-refractivity contribution >= 4 is 33.8 Å². The molecule has 0 bridgehead atoms. The number of nitrogens with zero attached hydrogens (tertiary/aromatic N) is 1. The predicted molar refractivity (Wildman–Crippen MR) is 129 cm³/mol. The molecule has 0 aliphatic carbocycles. The van der Waals surface area contributed by atoms with E-state index in [1.165, 1.54) is 31.2 Å². The van der Waals surface area contributed by atoms with Gasteiger partial charge in [-0.2, -0.15) is 0 Å². The summed E-state index contributed by atoms with van der Waals surface area (Å²) in [5, 5.41) is 18.8. The normalized spacial score (nSPS) is 13.5. The molecule has 5 nitrogen and oxygen atoms in total. The summed E-state index contributed by atoms with van der Waals surface area (Å²) in [6.45, 7) is 1.31. The number of carbonyl (C=O) groups excluding carboxylic acids is 1. The van der Waals surface area contributed by atoms with Gasteiger partial charge in [-0.3, -0.25) is 9.93 Å². The number of terminal acetylenes is 1. The summed E-state index contributed by atoms with van der Waals surface area (Å²) in [7, 11) is 1.77. The molecular weight excluding hydrogens is 462 g/mol. The lowest BCUT2D eigenvalue weighted by molar-refractivity contribution is -1.05. The molecule has 0 aliphatic rings. The van der Waals surface area contributed by atoms with Crippen LogP contribution in [0, 0.1) is 12.3 Å². The van der Waals surface area contributed by atoms with E-state index in [1.54, 1.807) is 19.2 Å². The topological polar surface area (TPSA) is 75.3 Å². The quantitative estimate of drug-likeness (QED) is 0.0737. The molecule has 0 aromatic heterocycles. The van der Waals surface area contributed by atoms with Crippen molar-refractivity contribution in [3.05, 3.63) is 40.5 Å². The molecule has 1 unspecified atom stereocenters. The molecule has 0 saturated carbocycles. The first-order valence-corrected chi connectivity index (χ1v) is 12.2. The van der Waals surface area contributed by atoms with E-state index in [-0.39, 0.29) is 10.6 Å². The zero-order chi connectivity index (χ0) is 22.2. The minimum absolute atomic E-state index is 0.0329. The van der Waals surface area contributed by atoms with Gasteiger partial charge in [-0.05, 0) is 61.6 Å². The Morgan fingerprint density at radius 1 is 1.20 bits per heavy atom. The van der Waals surface area contributed by atoms with Gasteiger partial charge < -0.3 is 5.32 Å². The number of benzene rings is 1. The Hall–Kier alpha value is -1.30. The average molecular weight is 498 g/mol. The van der Waals surface area contributed by atoms with Crippen molar-refractivity contribution in [2.24, 2.45) is 5.14 Å². The van der Waals surface area contributed by atoms with Gasteiger partial charge in [0.2, 0.25) is 4.61 Å². The summed E-state index contributed by atoms with van der Waals surface area (Å²) in [5.41, 5.74) is 0.667. The van der Waals surface area contributed by atoms with Crippen molar-refractivity contribution in [2.45, 2.75) is 62.7 Å². The standard InChI is InChI=1S/C23H34BrN3O2S/c1-3-4-12-19-27(2,29)22(24)13-10-8-6-5-7-9-11-18-26-23(28)20-14-16-21(30-25)17-15-20/h1,13-17,29H,4-12,18-19,25H2,2H3/p+1/b22-13+. The molecule has 0 spiro atoms. The van der Waals surface area contributed by atoms with Crippen LogP contribution in [0.5, 0.6) is 0 Å². The second-order valence-corrected chi connectivity index (χ2v) is 9.03. The zero-order valence-electron chi connectivity index (χ0n) is 17.9. The van der Waals surface area contributed by atoms with E-state index in [4.69, 9.17) is 11.6 Å². The van der Waals surface area contributed by atoms with E-state index in [1.807, 2.05) is 12.1 Å². The molecule has 1 aromatic rings. The van der Waals surface area contributed by atoms with Crippen LogP contribution in [0.25, 0.3) is 0 Å². The van der Waals surface area contributed by atoms with Crippen LogP contribution >= 0.6 is 27.9 Å². The third-order valence-electron chi connectivity index (χ3n) is 4.86. The molecular formula is C23H35BrN3O2S+. The molecule has 1 aromatic carbocycles. The number of quaternary nitrogens is 1. The molecule has 166 valence electrons. The van der Waals surface area contributed by atoms with Gasteiger partial charge in [0, 0.05) is 45.8 Å². The third kappa shape index (κ3) is 11.2. The summed E-state index contributed by atoms with van der Waals surface area (Å²) in [6, 6.07) is 7.30. The van der Waals surface area contributed by atoms with E-state index < -0.39 is 0 Å². The lowest BCUT2D eigenvalue weighted by Crippen LogP contribution is -2.38. The number of unbranched alkanes of at least 4 members (excludes halogenated alkanes) is 7. The molecule has 1 atom stereocenters. The molecule has 0 heterocycles. The van der Waals surface area contributed by atoms with Crippen molar-refractivity contribution in [1.82, 2.24) is 5.32 Å². The highest BCUT2D eigenvalue weighted by atomic mass is 79.9. The number of amides is 1. The fourth-order valence-electron chi connectivity index (χ4n) is 2.98. The summed E-state index contributed by atoms with van der Waals surface area (Å²) < 4.78 is 0.649. The summed E-state index contributed by atoms with van der Waals surface area (Å²) in [5.74, 6) is 2.57. The lowest BCUT2D eigenvalue weighted by Gasteiger charge is -2.23. The van der Waals surface area contributed by atoms with Crippen LogP contribution in [-0.4, -0.2) is 35.9 Å². The van der Waals surface area contributed by atoms with Gasteiger partial charge in [-0.1, -0.05) is 25.7 Å². The van der Waals surface area contributed by atoms with Gasteiger partial charge in [0.1, 0.15) is 13.6 Å². The van der Waals surface area contributed by atoms with Crippen molar-refractivity contribution in [2.75, 3.05) is 20.1 Å². The molecule has 7 heteroatoms. The Morgan fingerprint density at radius 2 is 1.83 bits per heavy atom. The van der Waals surface area contributed by atoms with Crippen LogP contribution in [0.1, 0.15) is 68.1 Å². The molecule has 0 aliphatic heterocycles. The number of hydrogen-bond donors (Lipinski definition) is 3. The van der Waals surface area contributed by atoms with Crippen LogP contribution in [0.2, 0.25) is 0 Å². The fraction of sp³-hybridized carbons (Fsp3) is 0.522. The number of halogens is 1. The maximum atomic E-state index is 12.1. The van der Waals surface area contributed by atoms with Crippen molar-refractivity contribution < 1.29 is 14.6 Å². The minimum atomic E-state index is -0.149. The first-order valence-electron chi connectivity index (χ1n) is 10.5.